The number of anilines is 1. The summed E-state index contributed by atoms with van der Waals surface area (Å²) in [6, 6.07) is 12.6. The molecule has 2 rings (SSSR count). The maximum Gasteiger partial charge on any atom is 0.343 e. The highest BCUT2D eigenvalue weighted by Crippen LogP contribution is 2.25. The van der Waals surface area contributed by atoms with Crippen LogP contribution in [0.2, 0.25) is 0 Å². The van der Waals surface area contributed by atoms with Gasteiger partial charge in [0.05, 0.1) is 17.7 Å². The number of hydrogen-bond acceptors (Lipinski definition) is 5. The van der Waals surface area contributed by atoms with Crippen LogP contribution in [0.3, 0.4) is 0 Å². The number of halogens is 1. The quantitative estimate of drug-likeness (QED) is 0.755. The highest BCUT2D eigenvalue weighted by Gasteiger charge is 2.15. The van der Waals surface area contributed by atoms with Crippen LogP contribution in [0.4, 0.5) is 5.69 Å². The number of benzene rings is 2. The van der Waals surface area contributed by atoms with Gasteiger partial charge in [-0.25, -0.2) is 13.2 Å². The standard InChI is InChI=1S/C15H14BrNO5S/c1-21-15(18)10-22-11-6-8-12(9-7-11)23(19,20)17-14-5-3-2-4-13(14)16/h2-9,17H,10H2,1H3. The molecule has 0 fully saturated rings. The third-order valence-electron chi connectivity index (χ3n) is 2.84. The smallest absolute Gasteiger partial charge is 0.343 e. The minimum absolute atomic E-state index is 0.0821. The normalized spacial score (nSPS) is 10.9. The number of carbonyl (C=O) groups is 1. The summed E-state index contributed by atoms with van der Waals surface area (Å²) in [5, 5.41) is 0. The molecule has 0 saturated heterocycles. The molecule has 0 atom stereocenters. The van der Waals surface area contributed by atoms with E-state index in [9.17, 15) is 13.2 Å². The van der Waals surface area contributed by atoms with E-state index in [1.165, 1.54) is 31.4 Å². The molecule has 0 spiro atoms. The molecule has 122 valence electrons. The number of nitrogens with one attached hydrogen (secondary N) is 1. The minimum atomic E-state index is -3.72. The predicted octanol–water partition coefficient (Wildman–Crippen LogP) is 2.80. The number of para-hydroxylation sites is 1. The fourth-order valence-electron chi connectivity index (χ4n) is 1.66. The average molecular weight is 400 g/mol. The van der Waals surface area contributed by atoms with Crippen molar-refractivity contribution in [3.05, 3.63) is 53.0 Å². The third-order valence-corrected chi connectivity index (χ3v) is 4.91. The Bertz CT molecular complexity index is 790. The molecule has 0 aliphatic heterocycles. The van der Waals surface area contributed by atoms with Crippen molar-refractivity contribution in [2.24, 2.45) is 0 Å². The first-order valence-corrected chi connectivity index (χ1v) is 8.77. The van der Waals surface area contributed by atoms with Crippen LogP contribution in [0.5, 0.6) is 5.75 Å². The Balaban J connectivity index is 2.11. The second-order valence-electron chi connectivity index (χ2n) is 4.42. The Labute approximate surface area is 142 Å². The minimum Gasteiger partial charge on any atom is -0.482 e. The fourth-order valence-corrected chi connectivity index (χ4v) is 3.26. The first kappa shape index (κ1) is 17.3. The van der Waals surface area contributed by atoms with Crippen LogP contribution in [0, 0.1) is 0 Å². The molecule has 1 N–H and O–H groups in total. The van der Waals surface area contributed by atoms with E-state index in [-0.39, 0.29) is 11.5 Å². The molecule has 23 heavy (non-hydrogen) atoms. The average Bonchev–Trinajstić information content (AvgIpc) is 2.55. The van der Waals surface area contributed by atoms with Gasteiger partial charge in [0.1, 0.15) is 5.75 Å². The summed E-state index contributed by atoms with van der Waals surface area (Å²) in [7, 11) is -2.46. The number of hydrogen-bond donors (Lipinski definition) is 1. The molecule has 0 aliphatic rings. The van der Waals surface area contributed by atoms with Crippen molar-refractivity contribution in [2.75, 3.05) is 18.4 Å². The van der Waals surface area contributed by atoms with Crippen LogP contribution in [0.15, 0.2) is 57.9 Å². The summed E-state index contributed by atoms with van der Waals surface area (Å²) in [4.78, 5) is 11.1. The summed E-state index contributed by atoms with van der Waals surface area (Å²) in [6.07, 6.45) is 0. The van der Waals surface area contributed by atoms with Gasteiger partial charge < -0.3 is 9.47 Å². The Kier molecular flexibility index (Phi) is 5.62. The number of sulfonamides is 1. The highest BCUT2D eigenvalue weighted by atomic mass is 79.9. The van der Waals surface area contributed by atoms with Crippen LogP contribution in [0.1, 0.15) is 0 Å². The predicted molar refractivity (Wildman–Crippen MR) is 88.9 cm³/mol. The van der Waals surface area contributed by atoms with Crippen molar-refractivity contribution < 1.29 is 22.7 Å². The van der Waals surface area contributed by atoms with Crippen molar-refractivity contribution in [1.82, 2.24) is 0 Å². The molecule has 0 unspecified atom stereocenters. The largest absolute Gasteiger partial charge is 0.482 e. The van der Waals surface area contributed by atoms with Gasteiger partial charge >= 0.3 is 5.97 Å². The molecular formula is C15H14BrNO5S. The molecule has 0 saturated carbocycles. The van der Waals surface area contributed by atoms with Crippen molar-refractivity contribution in [3.8, 4) is 5.75 Å². The zero-order chi connectivity index (χ0) is 16.9. The molecule has 0 radical (unpaired) electrons. The summed E-state index contributed by atoms with van der Waals surface area (Å²) in [5.41, 5.74) is 0.443. The van der Waals surface area contributed by atoms with Crippen molar-refractivity contribution >= 4 is 37.6 Å². The second-order valence-corrected chi connectivity index (χ2v) is 6.96. The lowest BCUT2D eigenvalue weighted by Crippen LogP contribution is -2.14. The lowest BCUT2D eigenvalue weighted by molar-refractivity contribution is -0.142. The van der Waals surface area contributed by atoms with E-state index in [2.05, 4.69) is 25.4 Å². The van der Waals surface area contributed by atoms with E-state index in [1.807, 2.05) is 0 Å². The van der Waals surface area contributed by atoms with E-state index >= 15 is 0 Å². The van der Waals surface area contributed by atoms with Crippen LogP contribution in [-0.2, 0) is 19.6 Å². The Morgan fingerprint density at radius 3 is 2.39 bits per heavy atom. The van der Waals surface area contributed by atoms with Crippen LogP contribution >= 0.6 is 15.9 Å². The zero-order valence-corrected chi connectivity index (χ0v) is 14.6. The molecule has 2 aromatic carbocycles. The maximum atomic E-state index is 12.3. The first-order valence-electron chi connectivity index (χ1n) is 6.49. The summed E-state index contributed by atoms with van der Waals surface area (Å²) in [5.74, 6) is -0.146. The zero-order valence-electron chi connectivity index (χ0n) is 12.2. The molecule has 0 aliphatic carbocycles. The monoisotopic (exact) mass is 399 g/mol. The van der Waals surface area contributed by atoms with Crippen molar-refractivity contribution in [3.63, 3.8) is 0 Å². The number of ether oxygens (including phenoxy) is 2. The van der Waals surface area contributed by atoms with Crippen LogP contribution < -0.4 is 9.46 Å². The number of methoxy groups -OCH3 is 1. The summed E-state index contributed by atoms with van der Waals surface area (Å²) >= 11 is 3.28. The molecule has 0 heterocycles. The molecule has 2 aromatic rings. The topological polar surface area (TPSA) is 81.7 Å². The van der Waals surface area contributed by atoms with E-state index in [0.29, 0.717) is 15.9 Å². The van der Waals surface area contributed by atoms with Crippen LogP contribution in [0.25, 0.3) is 0 Å². The molecule has 0 amide bonds. The van der Waals surface area contributed by atoms with Gasteiger partial charge in [-0.2, -0.15) is 0 Å². The van der Waals surface area contributed by atoms with E-state index < -0.39 is 16.0 Å². The Morgan fingerprint density at radius 2 is 1.78 bits per heavy atom. The Morgan fingerprint density at radius 1 is 1.13 bits per heavy atom. The number of rotatable bonds is 6. The third kappa shape index (κ3) is 4.70. The van der Waals surface area contributed by atoms with Gasteiger partial charge in [-0.3, -0.25) is 4.72 Å². The van der Waals surface area contributed by atoms with Crippen molar-refractivity contribution in [1.29, 1.82) is 0 Å². The lowest BCUT2D eigenvalue weighted by atomic mass is 10.3. The lowest BCUT2D eigenvalue weighted by Gasteiger charge is -2.10. The molecular weight excluding hydrogens is 386 g/mol. The van der Waals surface area contributed by atoms with Gasteiger partial charge in [0.15, 0.2) is 6.61 Å². The maximum absolute atomic E-state index is 12.3. The van der Waals surface area contributed by atoms with Crippen molar-refractivity contribution in [2.45, 2.75) is 4.90 Å². The van der Waals surface area contributed by atoms with Gasteiger partial charge in [-0.15, -0.1) is 0 Å². The van der Waals surface area contributed by atoms with Gasteiger partial charge in [-0.1, -0.05) is 12.1 Å². The fraction of sp³-hybridized carbons (Fsp3) is 0.133. The van der Waals surface area contributed by atoms with E-state index in [1.54, 1.807) is 24.3 Å². The summed E-state index contributed by atoms with van der Waals surface area (Å²) in [6.45, 7) is -0.238. The molecule has 8 heteroatoms. The molecule has 0 bridgehead atoms. The van der Waals surface area contributed by atoms with Gasteiger partial charge in [0.2, 0.25) is 0 Å². The number of esters is 1. The van der Waals surface area contributed by atoms with E-state index in [4.69, 9.17) is 4.74 Å². The first-order chi connectivity index (χ1) is 10.9. The van der Waals surface area contributed by atoms with Gasteiger partial charge in [0, 0.05) is 4.47 Å². The Hall–Kier alpha value is -2.06. The SMILES string of the molecule is COC(=O)COc1ccc(S(=O)(=O)Nc2ccccc2Br)cc1. The summed E-state index contributed by atoms with van der Waals surface area (Å²) < 4.78 is 37.4. The second kappa shape index (κ2) is 7.47. The van der Waals surface area contributed by atoms with Crippen LogP contribution in [-0.4, -0.2) is 28.1 Å². The molecule has 0 aromatic heterocycles. The number of carbonyl (C=O) groups excluding carboxylic acids is 1. The van der Waals surface area contributed by atoms with E-state index in [0.717, 1.165) is 0 Å². The van der Waals surface area contributed by atoms with Gasteiger partial charge in [0.25, 0.3) is 10.0 Å². The van der Waals surface area contributed by atoms with Gasteiger partial charge in [-0.05, 0) is 52.3 Å². The highest BCUT2D eigenvalue weighted by molar-refractivity contribution is 9.10. The molecule has 6 nitrogen and oxygen atoms in total.